The summed E-state index contributed by atoms with van der Waals surface area (Å²) in [5, 5.41) is 0. The van der Waals surface area contributed by atoms with E-state index in [1.807, 2.05) is 18.2 Å². The molecule has 0 atom stereocenters. The van der Waals surface area contributed by atoms with Crippen molar-refractivity contribution in [2.24, 2.45) is 5.73 Å². The first-order valence-corrected chi connectivity index (χ1v) is 5.70. The molecule has 2 N–H and O–H groups in total. The smallest absolute Gasteiger partial charge is 0.143 e. The molecule has 0 unspecified atom stereocenters. The van der Waals surface area contributed by atoms with Crippen molar-refractivity contribution >= 4 is 0 Å². The molecule has 0 amide bonds. The monoisotopic (exact) mass is 230 g/mol. The molecule has 0 radical (unpaired) electrons. The van der Waals surface area contributed by atoms with Gasteiger partial charge in [0.2, 0.25) is 0 Å². The number of nitrogens with two attached hydrogens (primary N) is 1. The minimum Gasteiger partial charge on any atom is -0.495 e. The van der Waals surface area contributed by atoms with E-state index in [-0.39, 0.29) is 0 Å². The van der Waals surface area contributed by atoms with Crippen LogP contribution in [-0.4, -0.2) is 11.7 Å². The van der Waals surface area contributed by atoms with Crippen LogP contribution in [0.1, 0.15) is 17.0 Å². The van der Waals surface area contributed by atoms with Gasteiger partial charge in [-0.2, -0.15) is 0 Å². The Kier molecular flexibility index (Phi) is 3.20. The molecule has 0 saturated carbocycles. The van der Waals surface area contributed by atoms with Gasteiger partial charge in [-0.3, -0.25) is 0 Å². The number of aromatic nitrogens is 1. The average Bonchev–Trinajstić information content (AvgIpc) is 2.68. The summed E-state index contributed by atoms with van der Waals surface area (Å²) in [4.78, 5) is 0. The third-order valence-electron chi connectivity index (χ3n) is 3.02. The van der Waals surface area contributed by atoms with E-state index in [9.17, 15) is 0 Å². The van der Waals surface area contributed by atoms with Gasteiger partial charge in [0, 0.05) is 17.9 Å². The van der Waals surface area contributed by atoms with Gasteiger partial charge in [0.05, 0.1) is 12.8 Å². The molecule has 0 saturated heterocycles. The Morgan fingerprint density at radius 1 is 1.12 bits per heavy atom. The summed E-state index contributed by atoms with van der Waals surface area (Å²) in [6.07, 6.45) is 0. The molecule has 3 nitrogen and oxygen atoms in total. The van der Waals surface area contributed by atoms with Crippen molar-refractivity contribution in [3.8, 4) is 11.4 Å². The maximum atomic E-state index is 5.81. The van der Waals surface area contributed by atoms with Gasteiger partial charge in [0.25, 0.3) is 0 Å². The first kappa shape index (κ1) is 11.7. The van der Waals surface area contributed by atoms with Gasteiger partial charge < -0.3 is 15.0 Å². The maximum absolute atomic E-state index is 5.81. The molecule has 90 valence electrons. The van der Waals surface area contributed by atoms with E-state index < -0.39 is 0 Å². The van der Waals surface area contributed by atoms with E-state index >= 15 is 0 Å². The predicted molar refractivity (Wildman–Crippen MR) is 69.7 cm³/mol. The number of benzene rings is 1. The van der Waals surface area contributed by atoms with Crippen molar-refractivity contribution in [1.29, 1.82) is 0 Å². The molecule has 0 fully saturated rings. The van der Waals surface area contributed by atoms with Crippen LogP contribution in [0.3, 0.4) is 0 Å². The van der Waals surface area contributed by atoms with E-state index in [1.54, 1.807) is 7.11 Å². The van der Waals surface area contributed by atoms with E-state index in [1.165, 1.54) is 11.4 Å². The van der Waals surface area contributed by atoms with Crippen molar-refractivity contribution in [3.05, 3.63) is 47.3 Å². The highest BCUT2D eigenvalue weighted by Gasteiger charge is 2.13. The van der Waals surface area contributed by atoms with Crippen molar-refractivity contribution in [2.75, 3.05) is 7.11 Å². The van der Waals surface area contributed by atoms with Crippen LogP contribution >= 0.6 is 0 Å². The van der Waals surface area contributed by atoms with Gasteiger partial charge in [-0.15, -0.1) is 0 Å². The van der Waals surface area contributed by atoms with Crippen LogP contribution < -0.4 is 10.5 Å². The van der Waals surface area contributed by atoms with E-state index in [4.69, 9.17) is 10.5 Å². The SMILES string of the molecule is COc1cccc(CN)c1-n1c(C)ccc1C. The zero-order valence-corrected chi connectivity index (χ0v) is 10.5. The second-order valence-corrected chi connectivity index (χ2v) is 4.12. The summed E-state index contributed by atoms with van der Waals surface area (Å²) in [5.41, 5.74) is 10.3. The van der Waals surface area contributed by atoms with Crippen molar-refractivity contribution in [1.82, 2.24) is 4.57 Å². The number of hydrogen-bond donors (Lipinski definition) is 1. The van der Waals surface area contributed by atoms with Gasteiger partial charge in [-0.25, -0.2) is 0 Å². The van der Waals surface area contributed by atoms with Crippen LogP contribution in [0.15, 0.2) is 30.3 Å². The topological polar surface area (TPSA) is 40.2 Å². The number of aryl methyl sites for hydroxylation is 2. The van der Waals surface area contributed by atoms with Crippen LogP contribution in [0.5, 0.6) is 5.75 Å². The number of ether oxygens (including phenoxy) is 1. The molecule has 17 heavy (non-hydrogen) atoms. The fourth-order valence-corrected chi connectivity index (χ4v) is 2.17. The molecule has 1 heterocycles. The van der Waals surface area contributed by atoms with Gasteiger partial charge in [0.1, 0.15) is 5.75 Å². The second-order valence-electron chi connectivity index (χ2n) is 4.12. The summed E-state index contributed by atoms with van der Waals surface area (Å²) in [6.45, 7) is 4.67. The van der Waals surface area contributed by atoms with Gasteiger partial charge >= 0.3 is 0 Å². The molecule has 0 aliphatic carbocycles. The summed E-state index contributed by atoms with van der Waals surface area (Å²) in [5.74, 6) is 0.857. The highest BCUT2D eigenvalue weighted by Crippen LogP contribution is 2.29. The molecular formula is C14H18N2O. The first-order chi connectivity index (χ1) is 8.19. The fourth-order valence-electron chi connectivity index (χ4n) is 2.17. The van der Waals surface area contributed by atoms with Crippen molar-refractivity contribution in [2.45, 2.75) is 20.4 Å². The Morgan fingerprint density at radius 2 is 1.76 bits per heavy atom. The second kappa shape index (κ2) is 4.63. The van der Waals surface area contributed by atoms with Crippen molar-refractivity contribution in [3.63, 3.8) is 0 Å². The third-order valence-corrected chi connectivity index (χ3v) is 3.02. The molecule has 2 rings (SSSR count). The average molecular weight is 230 g/mol. The summed E-state index contributed by atoms with van der Waals surface area (Å²) >= 11 is 0. The fraction of sp³-hybridized carbons (Fsp3) is 0.286. The maximum Gasteiger partial charge on any atom is 0.143 e. The zero-order chi connectivity index (χ0) is 12.4. The number of hydrogen-bond acceptors (Lipinski definition) is 2. The summed E-state index contributed by atoms with van der Waals surface area (Å²) in [6, 6.07) is 10.2. The van der Waals surface area contributed by atoms with Crippen LogP contribution in [0.25, 0.3) is 5.69 Å². The Bertz CT molecular complexity index is 487. The Morgan fingerprint density at radius 3 is 2.29 bits per heavy atom. The molecule has 0 aliphatic heterocycles. The number of rotatable bonds is 3. The van der Waals surface area contributed by atoms with Crippen LogP contribution in [0, 0.1) is 13.8 Å². The van der Waals surface area contributed by atoms with Crippen LogP contribution in [-0.2, 0) is 6.54 Å². The van der Waals surface area contributed by atoms with E-state index in [0.717, 1.165) is 17.0 Å². The molecule has 1 aromatic carbocycles. The lowest BCUT2D eigenvalue weighted by Crippen LogP contribution is -2.08. The highest BCUT2D eigenvalue weighted by molar-refractivity contribution is 5.55. The zero-order valence-electron chi connectivity index (χ0n) is 10.5. The first-order valence-electron chi connectivity index (χ1n) is 5.70. The van der Waals surface area contributed by atoms with Crippen LogP contribution in [0.2, 0.25) is 0 Å². The Balaban J connectivity index is 2.73. The lowest BCUT2D eigenvalue weighted by atomic mass is 10.1. The summed E-state index contributed by atoms with van der Waals surface area (Å²) in [7, 11) is 1.69. The van der Waals surface area contributed by atoms with Gasteiger partial charge in [-0.1, -0.05) is 12.1 Å². The minimum atomic E-state index is 0.504. The molecule has 0 aliphatic rings. The van der Waals surface area contributed by atoms with Gasteiger partial charge in [0.15, 0.2) is 0 Å². The standard InChI is InChI=1S/C14H18N2O/c1-10-7-8-11(2)16(10)14-12(9-15)5-4-6-13(14)17-3/h4-8H,9,15H2,1-3H3. The Labute approximate surface area is 102 Å². The number of methoxy groups -OCH3 is 1. The lowest BCUT2D eigenvalue weighted by Gasteiger charge is -2.17. The van der Waals surface area contributed by atoms with Crippen molar-refractivity contribution < 1.29 is 4.74 Å². The predicted octanol–water partition coefficient (Wildman–Crippen LogP) is 2.56. The largest absolute Gasteiger partial charge is 0.495 e. The third kappa shape index (κ3) is 1.94. The highest BCUT2D eigenvalue weighted by atomic mass is 16.5. The van der Waals surface area contributed by atoms with E-state index in [0.29, 0.717) is 6.54 Å². The van der Waals surface area contributed by atoms with E-state index in [2.05, 4.69) is 30.5 Å². The molecule has 3 heteroatoms. The van der Waals surface area contributed by atoms with Gasteiger partial charge in [-0.05, 0) is 37.6 Å². The molecule has 1 aromatic heterocycles. The minimum absolute atomic E-state index is 0.504. The quantitative estimate of drug-likeness (QED) is 0.880. The molecule has 0 spiro atoms. The normalized spacial score (nSPS) is 10.6. The lowest BCUT2D eigenvalue weighted by molar-refractivity contribution is 0.412. The molecular weight excluding hydrogens is 212 g/mol. The Hall–Kier alpha value is -1.74. The summed E-state index contributed by atoms with van der Waals surface area (Å²) < 4.78 is 7.63. The number of para-hydroxylation sites is 1. The molecule has 0 bridgehead atoms. The van der Waals surface area contributed by atoms with Crippen LogP contribution in [0.4, 0.5) is 0 Å². The number of nitrogens with zero attached hydrogens (tertiary/aromatic N) is 1. The molecule has 2 aromatic rings.